The summed E-state index contributed by atoms with van der Waals surface area (Å²) in [5, 5.41) is 2.99. The average Bonchev–Trinajstić information content (AvgIpc) is 2.67. The molecular formula is C25H27NO. The van der Waals surface area contributed by atoms with E-state index < -0.39 is 0 Å². The Labute approximate surface area is 161 Å². The van der Waals surface area contributed by atoms with Gasteiger partial charge >= 0.3 is 0 Å². The van der Waals surface area contributed by atoms with Crippen molar-refractivity contribution in [1.29, 1.82) is 0 Å². The van der Waals surface area contributed by atoms with Gasteiger partial charge < -0.3 is 5.32 Å². The van der Waals surface area contributed by atoms with E-state index in [-0.39, 0.29) is 5.91 Å². The Morgan fingerprint density at radius 2 is 1.44 bits per heavy atom. The molecule has 2 nitrogen and oxygen atoms in total. The van der Waals surface area contributed by atoms with Crippen LogP contribution in [-0.2, 0) is 10.2 Å². The van der Waals surface area contributed by atoms with Gasteiger partial charge in [-0.25, -0.2) is 0 Å². The largest absolute Gasteiger partial charge is 0.323 e. The first kappa shape index (κ1) is 16.8. The van der Waals surface area contributed by atoms with Crippen LogP contribution in [0, 0.1) is 17.8 Å². The Morgan fingerprint density at radius 1 is 0.852 bits per heavy atom. The molecule has 0 aromatic heterocycles. The molecule has 4 fully saturated rings. The van der Waals surface area contributed by atoms with Crippen molar-refractivity contribution in [1.82, 2.24) is 0 Å². The quantitative estimate of drug-likeness (QED) is 0.688. The molecule has 4 saturated carbocycles. The smallest absolute Gasteiger partial charge is 0.248 e. The molecule has 4 bridgehead atoms. The van der Waals surface area contributed by atoms with E-state index in [0.717, 1.165) is 29.0 Å². The fourth-order valence-electron chi connectivity index (χ4n) is 6.29. The maximum absolute atomic E-state index is 12.2. The lowest BCUT2D eigenvalue weighted by atomic mass is 9.48. The van der Waals surface area contributed by atoms with Crippen LogP contribution in [0.25, 0.3) is 6.08 Å². The molecule has 2 heteroatoms. The molecule has 2 aromatic rings. The van der Waals surface area contributed by atoms with Gasteiger partial charge in [0.05, 0.1) is 0 Å². The molecule has 4 aliphatic carbocycles. The van der Waals surface area contributed by atoms with Gasteiger partial charge in [-0.05, 0) is 91.0 Å². The third-order valence-electron chi connectivity index (χ3n) is 7.03. The molecule has 0 aliphatic heterocycles. The van der Waals surface area contributed by atoms with Crippen molar-refractivity contribution in [2.24, 2.45) is 17.8 Å². The molecule has 1 N–H and O–H groups in total. The van der Waals surface area contributed by atoms with Gasteiger partial charge in [0, 0.05) is 11.8 Å². The minimum absolute atomic E-state index is 0.0820. The number of hydrogen-bond donors (Lipinski definition) is 1. The number of carbonyl (C=O) groups excluding carboxylic acids is 1. The minimum Gasteiger partial charge on any atom is -0.323 e. The normalized spacial score (nSPS) is 31.3. The fourth-order valence-corrected chi connectivity index (χ4v) is 6.29. The summed E-state index contributed by atoms with van der Waals surface area (Å²) in [5.74, 6) is 2.79. The van der Waals surface area contributed by atoms with E-state index in [0.29, 0.717) is 5.41 Å². The summed E-state index contributed by atoms with van der Waals surface area (Å²) in [4.78, 5) is 12.2. The van der Waals surface area contributed by atoms with Crippen LogP contribution in [-0.4, -0.2) is 5.91 Å². The average molecular weight is 357 g/mol. The summed E-state index contributed by atoms with van der Waals surface area (Å²) in [6.07, 6.45) is 12.0. The number of amides is 1. The summed E-state index contributed by atoms with van der Waals surface area (Å²) < 4.78 is 0. The molecule has 27 heavy (non-hydrogen) atoms. The van der Waals surface area contributed by atoms with Crippen molar-refractivity contribution in [3.05, 3.63) is 71.8 Å². The predicted octanol–water partition coefficient (Wildman–Crippen LogP) is 5.81. The number of benzene rings is 2. The van der Waals surface area contributed by atoms with Crippen LogP contribution in [0.1, 0.15) is 49.7 Å². The molecule has 0 saturated heterocycles. The third-order valence-corrected chi connectivity index (χ3v) is 7.03. The number of carbonyl (C=O) groups is 1. The van der Waals surface area contributed by atoms with E-state index >= 15 is 0 Å². The summed E-state index contributed by atoms with van der Waals surface area (Å²) in [6.45, 7) is 0. The van der Waals surface area contributed by atoms with Crippen molar-refractivity contribution in [2.75, 3.05) is 5.32 Å². The standard InChI is InChI=1S/C25H27NO/c27-24(11-6-18-4-2-1-3-5-18)26-23-9-7-22(8-10-23)25-15-19-12-20(16-25)14-21(13-19)17-25/h1-11,19-21H,12-17H2,(H,26,27)/b11-6+. The van der Waals surface area contributed by atoms with Crippen molar-refractivity contribution >= 4 is 17.7 Å². The van der Waals surface area contributed by atoms with Crippen LogP contribution in [0.4, 0.5) is 5.69 Å². The molecule has 6 rings (SSSR count). The van der Waals surface area contributed by atoms with Crippen LogP contribution in [0.15, 0.2) is 60.7 Å². The van der Waals surface area contributed by atoms with Crippen LogP contribution >= 0.6 is 0 Å². The lowest BCUT2D eigenvalue weighted by Gasteiger charge is -2.57. The van der Waals surface area contributed by atoms with Gasteiger partial charge in [-0.15, -0.1) is 0 Å². The second-order valence-electron chi connectivity index (χ2n) is 9.01. The van der Waals surface area contributed by atoms with Gasteiger partial charge in [-0.1, -0.05) is 42.5 Å². The Morgan fingerprint density at radius 3 is 2.04 bits per heavy atom. The first-order valence-corrected chi connectivity index (χ1v) is 10.3. The van der Waals surface area contributed by atoms with E-state index in [1.807, 2.05) is 36.4 Å². The van der Waals surface area contributed by atoms with E-state index in [9.17, 15) is 4.79 Å². The fraction of sp³-hybridized carbons (Fsp3) is 0.400. The molecular weight excluding hydrogens is 330 g/mol. The van der Waals surface area contributed by atoms with Crippen molar-refractivity contribution in [3.8, 4) is 0 Å². The van der Waals surface area contributed by atoms with Crippen LogP contribution < -0.4 is 5.32 Å². The van der Waals surface area contributed by atoms with E-state index in [1.54, 1.807) is 6.08 Å². The van der Waals surface area contributed by atoms with Gasteiger partial charge in [-0.3, -0.25) is 4.79 Å². The number of nitrogens with one attached hydrogen (secondary N) is 1. The van der Waals surface area contributed by atoms with Crippen LogP contribution in [0.2, 0.25) is 0 Å². The summed E-state index contributed by atoms with van der Waals surface area (Å²) in [7, 11) is 0. The van der Waals surface area contributed by atoms with Gasteiger partial charge in [0.25, 0.3) is 0 Å². The lowest BCUT2D eigenvalue weighted by Crippen LogP contribution is -2.48. The highest BCUT2D eigenvalue weighted by molar-refractivity contribution is 6.01. The Kier molecular flexibility index (Phi) is 4.15. The van der Waals surface area contributed by atoms with E-state index in [4.69, 9.17) is 0 Å². The Bertz CT molecular complexity index is 814. The zero-order chi connectivity index (χ0) is 18.3. The first-order valence-electron chi connectivity index (χ1n) is 10.3. The highest BCUT2D eigenvalue weighted by Gasteiger charge is 2.51. The van der Waals surface area contributed by atoms with Crippen LogP contribution in [0.5, 0.6) is 0 Å². The number of hydrogen-bond acceptors (Lipinski definition) is 1. The molecule has 2 aromatic carbocycles. The Balaban J connectivity index is 1.27. The molecule has 0 spiro atoms. The molecule has 0 heterocycles. The predicted molar refractivity (Wildman–Crippen MR) is 110 cm³/mol. The Hall–Kier alpha value is -2.35. The summed E-state index contributed by atoms with van der Waals surface area (Å²) in [6, 6.07) is 18.6. The maximum Gasteiger partial charge on any atom is 0.248 e. The maximum atomic E-state index is 12.2. The van der Waals surface area contributed by atoms with E-state index in [1.165, 1.54) is 44.1 Å². The summed E-state index contributed by atoms with van der Waals surface area (Å²) >= 11 is 0. The van der Waals surface area contributed by atoms with Gasteiger partial charge in [0.1, 0.15) is 0 Å². The highest BCUT2D eigenvalue weighted by atomic mass is 16.1. The molecule has 0 atom stereocenters. The summed E-state index contributed by atoms with van der Waals surface area (Å²) in [5.41, 5.74) is 3.83. The topological polar surface area (TPSA) is 29.1 Å². The molecule has 4 aliphatic rings. The zero-order valence-electron chi connectivity index (χ0n) is 15.7. The van der Waals surface area contributed by atoms with Gasteiger partial charge in [-0.2, -0.15) is 0 Å². The minimum atomic E-state index is -0.0820. The SMILES string of the molecule is O=C(/C=C/c1ccccc1)Nc1ccc(C23CC4CC(CC(C4)C2)C3)cc1. The number of anilines is 1. The van der Waals surface area contributed by atoms with E-state index in [2.05, 4.69) is 29.6 Å². The van der Waals surface area contributed by atoms with Crippen molar-refractivity contribution < 1.29 is 4.79 Å². The second kappa shape index (κ2) is 6.67. The first-order chi connectivity index (χ1) is 13.2. The highest BCUT2D eigenvalue weighted by Crippen LogP contribution is 2.60. The number of rotatable bonds is 4. The third kappa shape index (κ3) is 3.34. The zero-order valence-corrected chi connectivity index (χ0v) is 15.7. The van der Waals surface area contributed by atoms with Crippen molar-refractivity contribution in [2.45, 2.75) is 43.9 Å². The van der Waals surface area contributed by atoms with Gasteiger partial charge in [0.15, 0.2) is 0 Å². The molecule has 0 unspecified atom stereocenters. The second-order valence-corrected chi connectivity index (χ2v) is 9.01. The van der Waals surface area contributed by atoms with Crippen LogP contribution in [0.3, 0.4) is 0 Å². The molecule has 0 radical (unpaired) electrons. The van der Waals surface area contributed by atoms with Gasteiger partial charge in [0.2, 0.25) is 5.91 Å². The monoisotopic (exact) mass is 357 g/mol. The van der Waals surface area contributed by atoms with Crippen molar-refractivity contribution in [3.63, 3.8) is 0 Å². The molecule has 1 amide bonds. The molecule has 138 valence electrons. The lowest BCUT2D eigenvalue weighted by molar-refractivity contribution is -0.111.